The van der Waals surface area contributed by atoms with E-state index in [0.29, 0.717) is 48.5 Å². The van der Waals surface area contributed by atoms with Crippen LogP contribution in [-0.2, 0) is 9.59 Å². The number of rotatable bonds is 15. The topological polar surface area (TPSA) is 167 Å². The van der Waals surface area contributed by atoms with Crippen LogP contribution in [0.3, 0.4) is 0 Å². The van der Waals surface area contributed by atoms with E-state index in [4.69, 9.17) is 8.83 Å². The van der Waals surface area contributed by atoms with E-state index in [1.165, 1.54) is 12.5 Å². The highest BCUT2D eigenvalue weighted by Gasteiger charge is 2.10. The van der Waals surface area contributed by atoms with E-state index in [-0.39, 0.29) is 35.1 Å². The summed E-state index contributed by atoms with van der Waals surface area (Å²) in [5.74, 6) is -0.594. The summed E-state index contributed by atoms with van der Waals surface area (Å²) in [6.45, 7) is 3.57. The number of nitrogens with zero attached hydrogens (tertiary/aromatic N) is 2. The first-order valence-corrected chi connectivity index (χ1v) is 14.9. The van der Waals surface area contributed by atoms with Gasteiger partial charge in [-0.1, -0.05) is 37.1 Å². The Morgan fingerprint density at radius 1 is 0.565 bits per heavy atom. The van der Waals surface area contributed by atoms with Crippen molar-refractivity contribution < 1.29 is 28.0 Å². The number of anilines is 2. The van der Waals surface area contributed by atoms with E-state index in [9.17, 15) is 19.2 Å². The second-order valence-electron chi connectivity index (χ2n) is 10.4. The van der Waals surface area contributed by atoms with Gasteiger partial charge in [0.2, 0.25) is 11.8 Å². The smallest absolute Gasteiger partial charge is 0.291 e. The zero-order valence-corrected chi connectivity index (χ0v) is 25.7. The third kappa shape index (κ3) is 10.4. The fourth-order valence-corrected chi connectivity index (χ4v) is 4.25. The molecule has 0 fully saturated rings. The molecule has 0 saturated carbocycles. The quantitative estimate of drug-likeness (QED) is 0.0708. The molecule has 0 aliphatic heterocycles. The van der Waals surface area contributed by atoms with Gasteiger partial charge in [0.25, 0.3) is 11.8 Å². The first-order chi connectivity index (χ1) is 22.3. The number of unbranched alkanes of at least 4 members (excludes halogenated alkanes) is 3. The van der Waals surface area contributed by atoms with Crippen molar-refractivity contribution in [2.75, 3.05) is 10.6 Å². The standard InChI is InChI=1S/C34H36N6O6/c1-23(25-13-17-27(18-14-25)35-33(43)29-9-7-21-45-29)37-39-31(41)11-5-3-4-6-12-32(42)40-38-24(2)26-15-19-28(20-16-26)36-34(44)30-10-8-22-46-30/h7-10,13-22H,3-6,11-12H2,1-2H3,(H,35,43)(H,36,44)(H,39,41)(H,40,42)/b37-23+,38-24+. The summed E-state index contributed by atoms with van der Waals surface area (Å²) in [7, 11) is 0. The maximum Gasteiger partial charge on any atom is 0.291 e. The van der Waals surface area contributed by atoms with Gasteiger partial charge in [-0.15, -0.1) is 0 Å². The van der Waals surface area contributed by atoms with Crippen LogP contribution in [0, 0.1) is 0 Å². The molecule has 12 nitrogen and oxygen atoms in total. The van der Waals surface area contributed by atoms with Crippen molar-refractivity contribution in [3.63, 3.8) is 0 Å². The molecule has 2 heterocycles. The van der Waals surface area contributed by atoms with Crippen LogP contribution in [0.2, 0.25) is 0 Å². The van der Waals surface area contributed by atoms with Gasteiger partial charge in [0.05, 0.1) is 23.9 Å². The van der Waals surface area contributed by atoms with Crippen LogP contribution < -0.4 is 21.5 Å². The Morgan fingerprint density at radius 3 is 1.30 bits per heavy atom. The van der Waals surface area contributed by atoms with E-state index in [1.54, 1.807) is 86.6 Å². The Morgan fingerprint density at radius 2 is 0.957 bits per heavy atom. The number of furan rings is 2. The van der Waals surface area contributed by atoms with E-state index in [0.717, 1.165) is 24.0 Å². The first kappa shape index (κ1) is 33.1. The molecule has 0 spiro atoms. The molecule has 4 N–H and O–H groups in total. The van der Waals surface area contributed by atoms with Gasteiger partial charge in [-0.2, -0.15) is 10.2 Å². The first-order valence-electron chi connectivity index (χ1n) is 14.9. The fourth-order valence-electron chi connectivity index (χ4n) is 4.25. The van der Waals surface area contributed by atoms with Crippen LogP contribution in [0.25, 0.3) is 0 Å². The third-order valence-electron chi connectivity index (χ3n) is 6.87. The van der Waals surface area contributed by atoms with E-state index < -0.39 is 0 Å². The number of hydrazone groups is 2. The van der Waals surface area contributed by atoms with Crippen molar-refractivity contribution >= 4 is 46.4 Å². The summed E-state index contributed by atoms with van der Waals surface area (Å²) in [6, 6.07) is 20.7. The van der Waals surface area contributed by atoms with E-state index >= 15 is 0 Å². The van der Waals surface area contributed by atoms with Crippen LogP contribution in [0.4, 0.5) is 11.4 Å². The molecular formula is C34H36N6O6. The second-order valence-corrected chi connectivity index (χ2v) is 10.4. The lowest BCUT2D eigenvalue weighted by Gasteiger charge is -2.06. The molecule has 0 aliphatic rings. The molecule has 12 heteroatoms. The van der Waals surface area contributed by atoms with Crippen molar-refractivity contribution in [2.45, 2.75) is 52.4 Å². The van der Waals surface area contributed by atoms with Gasteiger partial charge >= 0.3 is 0 Å². The lowest BCUT2D eigenvalue weighted by molar-refractivity contribution is -0.122. The van der Waals surface area contributed by atoms with Crippen molar-refractivity contribution in [3.8, 4) is 0 Å². The van der Waals surface area contributed by atoms with Gasteiger partial charge in [-0.3, -0.25) is 19.2 Å². The normalized spacial score (nSPS) is 11.5. The minimum absolute atomic E-state index is 0.183. The molecule has 0 aliphatic carbocycles. The largest absolute Gasteiger partial charge is 0.459 e. The molecule has 4 amide bonds. The fraction of sp³-hybridized carbons (Fsp3) is 0.235. The maximum absolute atomic E-state index is 12.2. The number of hydrogen-bond acceptors (Lipinski definition) is 8. The molecule has 238 valence electrons. The number of benzene rings is 2. The summed E-state index contributed by atoms with van der Waals surface area (Å²) in [5.41, 5.74) is 9.25. The molecule has 4 rings (SSSR count). The molecule has 46 heavy (non-hydrogen) atoms. The number of carbonyl (C=O) groups excluding carboxylic acids is 4. The number of nitrogens with one attached hydrogen (secondary N) is 4. The predicted octanol–water partition coefficient (Wildman–Crippen LogP) is 6.10. The molecule has 0 saturated heterocycles. The molecule has 0 radical (unpaired) electrons. The highest BCUT2D eigenvalue weighted by Crippen LogP contribution is 2.14. The second kappa shape index (κ2) is 16.9. The van der Waals surface area contributed by atoms with Gasteiger partial charge in [0.15, 0.2) is 11.5 Å². The van der Waals surface area contributed by atoms with Crippen molar-refractivity contribution in [1.29, 1.82) is 0 Å². The lowest BCUT2D eigenvalue weighted by atomic mass is 10.1. The van der Waals surface area contributed by atoms with Gasteiger partial charge in [0.1, 0.15) is 0 Å². The highest BCUT2D eigenvalue weighted by atomic mass is 16.3. The van der Waals surface area contributed by atoms with Crippen LogP contribution in [0.5, 0.6) is 0 Å². The van der Waals surface area contributed by atoms with Gasteiger partial charge in [0, 0.05) is 24.2 Å². The number of amides is 4. The monoisotopic (exact) mass is 624 g/mol. The SMILES string of the molecule is C/C(=N\NC(=O)CCCCCCC(=O)N/N=C(\C)c1ccc(NC(=O)c2ccco2)cc1)c1ccc(NC(=O)c2ccco2)cc1. The molecular weight excluding hydrogens is 588 g/mol. The average molecular weight is 625 g/mol. The van der Waals surface area contributed by atoms with Crippen molar-refractivity contribution in [2.24, 2.45) is 10.2 Å². The Hall–Kier alpha value is -5.78. The van der Waals surface area contributed by atoms with Gasteiger partial charge in [-0.25, -0.2) is 10.9 Å². The Labute approximate surface area is 266 Å². The summed E-state index contributed by atoms with van der Waals surface area (Å²) in [6.07, 6.45) is 6.51. The Bertz CT molecular complexity index is 1530. The van der Waals surface area contributed by atoms with E-state index in [1.807, 2.05) is 0 Å². The minimum atomic E-state index is -0.339. The van der Waals surface area contributed by atoms with Crippen molar-refractivity contribution in [1.82, 2.24) is 10.9 Å². The molecule has 0 unspecified atom stereocenters. The zero-order valence-electron chi connectivity index (χ0n) is 25.7. The third-order valence-corrected chi connectivity index (χ3v) is 6.87. The lowest BCUT2D eigenvalue weighted by Crippen LogP contribution is -2.19. The summed E-state index contributed by atoms with van der Waals surface area (Å²) >= 11 is 0. The summed E-state index contributed by atoms with van der Waals surface area (Å²) in [5, 5.41) is 13.8. The van der Waals surface area contributed by atoms with Crippen LogP contribution in [-0.4, -0.2) is 35.1 Å². The Kier molecular flexibility index (Phi) is 12.2. The molecule has 0 atom stereocenters. The minimum Gasteiger partial charge on any atom is -0.459 e. The zero-order chi connectivity index (χ0) is 32.7. The summed E-state index contributed by atoms with van der Waals surface area (Å²) < 4.78 is 10.2. The maximum atomic E-state index is 12.2. The van der Waals surface area contributed by atoms with Crippen LogP contribution in [0.1, 0.15) is 84.6 Å². The Balaban J connectivity index is 1.07. The number of hydrogen-bond donors (Lipinski definition) is 4. The molecule has 2 aromatic heterocycles. The molecule has 4 aromatic rings. The number of carbonyl (C=O) groups is 4. The average Bonchev–Trinajstić information content (AvgIpc) is 3.81. The van der Waals surface area contributed by atoms with Crippen LogP contribution >= 0.6 is 0 Å². The van der Waals surface area contributed by atoms with Crippen LogP contribution in [0.15, 0.2) is 104 Å². The molecule has 0 bridgehead atoms. The van der Waals surface area contributed by atoms with Gasteiger partial charge in [-0.05, 0) is 86.3 Å². The molecule has 2 aromatic carbocycles. The highest BCUT2D eigenvalue weighted by molar-refractivity contribution is 6.04. The summed E-state index contributed by atoms with van der Waals surface area (Å²) in [4.78, 5) is 48.6. The predicted molar refractivity (Wildman–Crippen MR) is 175 cm³/mol. The van der Waals surface area contributed by atoms with Crippen molar-refractivity contribution in [3.05, 3.63) is 108 Å². The van der Waals surface area contributed by atoms with Gasteiger partial charge < -0.3 is 19.5 Å². The van der Waals surface area contributed by atoms with E-state index in [2.05, 4.69) is 31.7 Å².